The number of likely N-dealkylation sites (tertiary alicyclic amines) is 1. The molecule has 1 aliphatic carbocycles. The van der Waals surface area contributed by atoms with E-state index >= 15 is 0 Å². The molecule has 1 atom stereocenters. The second kappa shape index (κ2) is 8.84. The summed E-state index contributed by atoms with van der Waals surface area (Å²) in [6, 6.07) is 8.53. The van der Waals surface area contributed by atoms with Gasteiger partial charge in [-0.1, -0.05) is 32.0 Å². The van der Waals surface area contributed by atoms with Crippen molar-refractivity contribution in [3.8, 4) is 5.75 Å². The van der Waals surface area contributed by atoms with E-state index in [1.165, 1.54) is 5.56 Å². The van der Waals surface area contributed by atoms with Crippen LogP contribution in [0.5, 0.6) is 5.75 Å². The zero-order chi connectivity index (χ0) is 20.1. The van der Waals surface area contributed by atoms with Crippen LogP contribution in [0.2, 0.25) is 0 Å². The van der Waals surface area contributed by atoms with Gasteiger partial charge < -0.3 is 20.3 Å². The molecule has 1 aliphatic heterocycles. The second-order valence-electron chi connectivity index (χ2n) is 8.24. The molecular formula is C22H34N4O2. The third kappa shape index (κ3) is 4.59. The predicted octanol–water partition coefficient (Wildman–Crippen LogP) is 2.54. The molecule has 154 valence electrons. The lowest BCUT2D eigenvalue weighted by atomic mass is 9.95. The molecule has 1 saturated carbocycles. The third-order valence-electron chi connectivity index (χ3n) is 5.75. The number of ether oxygens (including phenoxy) is 1. The van der Waals surface area contributed by atoms with Gasteiger partial charge in [0.1, 0.15) is 5.75 Å². The smallest absolute Gasteiger partial charge is 0.225 e. The average molecular weight is 387 g/mol. The van der Waals surface area contributed by atoms with Gasteiger partial charge in [0, 0.05) is 42.6 Å². The van der Waals surface area contributed by atoms with Crippen molar-refractivity contribution in [1.82, 2.24) is 15.5 Å². The number of methoxy groups -OCH3 is 1. The average Bonchev–Trinajstić information content (AvgIpc) is 3.35. The number of hydrogen-bond donors (Lipinski definition) is 2. The number of nitrogens with zero attached hydrogens (tertiary/aromatic N) is 2. The summed E-state index contributed by atoms with van der Waals surface area (Å²) in [5.74, 6) is 2.08. The molecule has 2 fully saturated rings. The predicted molar refractivity (Wildman–Crippen MR) is 113 cm³/mol. The molecule has 6 nitrogen and oxygen atoms in total. The molecule has 2 N–H and O–H groups in total. The molecule has 1 amide bonds. The lowest BCUT2D eigenvalue weighted by molar-refractivity contribution is -0.133. The van der Waals surface area contributed by atoms with Gasteiger partial charge in [0.15, 0.2) is 5.96 Å². The highest BCUT2D eigenvalue weighted by Crippen LogP contribution is 2.51. The van der Waals surface area contributed by atoms with Crippen LogP contribution in [0.3, 0.4) is 0 Å². The summed E-state index contributed by atoms with van der Waals surface area (Å²) < 4.78 is 5.57. The zero-order valence-corrected chi connectivity index (χ0v) is 17.6. The van der Waals surface area contributed by atoms with Crippen LogP contribution in [0.1, 0.15) is 45.6 Å². The first-order chi connectivity index (χ1) is 13.5. The van der Waals surface area contributed by atoms with Crippen molar-refractivity contribution in [2.75, 3.05) is 33.3 Å². The van der Waals surface area contributed by atoms with Gasteiger partial charge in [-0.15, -0.1) is 0 Å². The van der Waals surface area contributed by atoms with Crippen LogP contribution in [-0.2, 0) is 10.2 Å². The molecule has 2 aliphatic rings. The summed E-state index contributed by atoms with van der Waals surface area (Å²) in [6.07, 6.45) is 3.23. The van der Waals surface area contributed by atoms with Crippen LogP contribution in [-0.4, -0.2) is 56.1 Å². The fraction of sp³-hybridized carbons (Fsp3) is 0.636. The first kappa shape index (κ1) is 20.5. The molecule has 0 bridgehead atoms. The van der Waals surface area contributed by atoms with E-state index in [0.717, 1.165) is 57.2 Å². The lowest BCUT2D eigenvalue weighted by Crippen LogP contribution is -2.45. The maximum absolute atomic E-state index is 12.2. The Hall–Kier alpha value is -2.24. The fourth-order valence-corrected chi connectivity index (χ4v) is 3.93. The summed E-state index contributed by atoms with van der Waals surface area (Å²) in [5, 5.41) is 6.90. The maximum atomic E-state index is 12.2. The molecule has 0 radical (unpaired) electrons. The third-order valence-corrected chi connectivity index (χ3v) is 5.75. The van der Waals surface area contributed by atoms with E-state index in [0.29, 0.717) is 0 Å². The van der Waals surface area contributed by atoms with Crippen LogP contribution in [0.15, 0.2) is 29.3 Å². The summed E-state index contributed by atoms with van der Waals surface area (Å²) in [4.78, 5) is 19.1. The molecule has 1 saturated heterocycles. The Morgan fingerprint density at radius 1 is 1.36 bits per heavy atom. The monoisotopic (exact) mass is 386 g/mol. The van der Waals surface area contributed by atoms with Crippen molar-refractivity contribution >= 4 is 11.9 Å². The minimum Gasteiger partial charge on any atom is -0.496 e. The lowest BCUT2D eigenvalue weighted by Gasteiger charge is -2.21. The van der Waals surface area contributed by atoms with E-state index < -0.39 is 0 Å². The quantitative estimate of drug-likeness (QED) is 0.558. The molecule has 0 spiro atoms. The standard InChI is InChI=1S/C22H34N4O2/c1-5-23-21(25-17-10-13-26(14-17)20(27)16(2)3)24-15-22(11-12-22)18-8-6-7-9-19(18)28-4/h6-9,16-17H,5,10-15H2,1-4H3,(H2,23,24,25). The van der Waals surface area contributed by atoms with Crippen molar-refractivity contribution in [1.29, 1.82) is 0 Å². The van der Waals surface area contributed by atoms with Crippen molar-refractivity contribution in [2.45, 2.75) is 51.5 Å². The first-order valence-electron chi connectivity index (χ1n) is 10.5. The Labute approximate surface area is 168 Å². The van der Waals surface area contributed by atoms with Gasteiger partial charge in [0.05, 0.1) is 13.7 Å². The number of hydrogen-bond acceptors (Lipinski definition) is 3. The Morgan fingerprint density at radius 2 is 2.11 bits per heavy atom. The Morgan fingerprint density at radius 3 is 2.75 bits per heavy atom. The minimum atomic E-state index is 0.0521. The zero-order valence-electron chi connectivity index (χ0n) is 17.6. The van der Waals surface area contributed by atoms with E-state index in [1.807, 2.05) is 30.9 Å². The number of rotatable bonds is 7. The summed E-state index contributed by atoms with van der Waals surface area (Å²) in [7, 11) is 1.73. The normalized spacial score (nSPS) is 21.0. The second-order valence-corrected chi connectivity index (χ2v) is 8.24. The molecule has 1 aromatic carbocycles. The largest absolute Gasteiger partial charge is 0.496 e. The summed E-state index contributed by atoms with van der Waals surface area (Å²) in [6.45, 7) is 9.12. The van der Waals surface area contributed by atoms with Crippen LogP contribution in [0.4, 0.5) is 0 Å². The van der Waals surface area contributed by atoms with E-state index in [2.05, 4.69) is 29.7 Å². The first-order valence-corrected chi connectivity index (χ1v) is 10.5. The number of carbonyl (C=O) groups is 1. The molecule has 1 unspecified atom stereocenters. The van der Waals surface area contributed by atoms with Gasteiger partial charge in [-0.05, 0) is 32.3 Å². The molecule has 0 aromatic heterocycles. The van der Waals surface area contributed by atoms with Gasteiger partial charge >= 0.3 is 0 Å². The highest BCUT2D eigenvalue weighted by Gasteiger charge is 2.46. The number of guanidine groups is 1. The molecular weight excluding hydrogens is 352 g/mol. The van der Waals surface area contributed by atoms with Gasteiger partial charge in [-0.25, -0.2) is 0 Å². The van der Waals surface area contributed by atoms with Crippen molar-refractivity contribution in [3.05, 3.63) is 29.8 Å². The molecule has 6 heteroatoms. The number of benzene rings is 1. The number of aliphatic imine (C=N–C) groups is 1. The summed E-state index contributed by atoms with van der Waals surface area (Å²) in [5.41, 5.74) is 1.34. The number of nitrogens with one attached hydrogen (secondary N) is 2. The van der Waals surface area contributed by atoms with E-state index in [-0.39, 0.29) is 23.3 Å². The van der Waals surface area contributed by atoms with Crippen LogP contribution < -0.4 is 15.4 Å². The highest BCUT2D eigenvalue weighted by molar-refractivity contribution is 5.81. The molecule has 3 rings (SSSR count). The Kier molecular flexibility index (Phi) is 6.47. The highest BCUT2D eigenvalue weighted by atomic mass is 16.5. The van der Waals surface area contributed by atoms with Crippen molar-refractivity contribution in [2.24, 2.45) is 10.9 Å². The van der Waals surface area contributed by atoms with E-state index in [9.17, 15) is 4.79 Å². The number of carbonyl (C=O) groups excluding carboxylic acids is 1. The SMILES string of the molecule is CCNC(=NCC1(c2ccccc2OC)CC1)NC1CCN(C(=O)C(C)C)C1. The Balaban J connectivity index is 1.64. The van der Waals surface area contributed by atoms with Crippen LogP contribution >= 0.6 is 0 Å². The minimum absolute atomic E-state index is 0.0521. The van der Waals surface area contributed by atoms with Crippen molar-refractivity contribution in [3.63, 3.8) is 0 Å². The van der Waals surface area contributed by atoms with Gasteiger partial charge in [-0.2, -0.15) is 0 Å². The molecule has 28 heavy (non-hydrogen) atoms. The number of para-hydroxylation sites is 1. The Bertz CT molecular complexity index is 712. The fourth-order valence-electron chi connectivity index (χ4n) is 3.93. The van der Waals surface area contributed by atoms with E-state index in [1.54, 1.807) is 7.11 Å². The molecule has 1 aromatic rings. The maximum Gasteiger partial charge on any atom is 0.225 e. The van der Waals surface area contributed by atoms with E-state index in [4.69, 9.17) is 9.73 Å². The van der Waals surface area contributed by atoms with Gasteiger partial charge in [0.25, 0.3) is 0 Å². The van der Waals surface area contributed by atoms with Gasteiger partial charge in [0.2, 0.25) is 5.91 Å². The topological polar surface area (TPSA) is 66.0 Å². The summed E-state index contributed by atoms with van der Waals surface area (Å²) >= 11 is 0. The van der Waals surface area contributed by atoms with Crippen LogP contribution in [0, 0.1) is 5.92 Å². The number of amides is 1. The van der Waals surface area contributed by atoms with Gasteiger partial charge in [-0.3, -0.25) is 9.79 Å². The van der Waals surface area contributed by atoms with Crippen LogP contribution in [0.25, 0.3) is 0 Å². The van der Waals surface area contributed by atoms with Crippen molar-refractivity contribution < 1.29 is 9.53 Å². The molecule has 1 heterocycles.